The summed E-state index contributed by atoms with van der Waals surface area (Å²) in [6, 6.07) is 32.5. The van der Waals surface area contributed by atoms with Gasteiger partial charge in [-0.15, -0.1) is 0 Å². The molecule has 8 heteroatoms. The zero-order chi connectivity index (χ0) is 32.8. The minimum absolute atomic E-state index is 0.0781. The molecule has 3 aromatic heterocycles. The monoisotopic (exact) mass is 670 g/mol. The first kappa shape index (κ1) is 30.7. The maximum absolute atomic E-state index is 15.4. The number of hydrogen-bond acceptors (Lipinski definition) is 6. The Morgan fingerprint density at radius 3 is 2.00 bits per heavy atom. The third-order valence-electron chi connectivity index (χ3n) is 10.3. The predicted molar refractivity (Wildman–Crippen MR) is 186 cm³/mol. The average molecular weight is 672 g/mol. The van der Waals surface area contributed by atoms with Gasteiger partial charge < -0.3 is 4.90 Å². The number of rotatable bonds is 6. The summed E-state index contributed by atoms with van der Waals surface area (Å²) in [4.78, 5) is 46.5. The Labute approximate surface area is 289 Å². The number of allylic oxidation sites excluding steroid dienone is 2. The summed E-state index contributed by atoms with van der Waals surface area (Å²) in [6.45, 7) is 0. The van der Waals surface area contributed by atoms with Gasteiger partial charge in [-0.05, 0) is 91.1 Å². The molecule has 2 aliphatic heterocycles. The number of nitrogens with zero attached hydrogens (tertiary/aromatic N) is 4. The zero-order valence-corrected chi connectivity index (χ0v) is 27.6. The molecule has 238 valence electrons. The Morgan fingerprint density at radius 2 is 1.38 bits per heavy atom. The maximum Gasteiger partial charge on any atom is 0.187 e. The van der Waals surface area contributed by atoms with Gasteiger partial charge in [0.2, 0.25) is 0 Å². The largest absolute Gasteiger partial charge is 0.353 e. The first-order valence-corrected chi connectivity index (χ1v) is 17.1. The molecule has 0 N–H and O–H groups in total. The predicted octanol–water partition coefficient (Wildman–Crippen LogP) is 8.91. The lowest BCUT2D eigenvalue weighted by Gasteiger charge is -2.52. The van der Waals surface area contributed by atoms with E-state index in [0.717, 1.165) is 40.2 Å². The van der Waals surface area contributed by atoms with Crippen LogP contribution in [-0.4, -0.2) is 31.4 Å². The minimum atomic E-state index is -0.969. The summed E-state index contributed by atoms with van der Waals surface area (Å²) in [5, 5.41) is 1.24. The van der Waals surface area contributed by atoms with Gasteiger partial charge in [-0.25, -0.2) is 0 Å². The Kier molecular flexibility index (Phi) is 7.94. The average Bonchev–Trinajstić information content (AvgIpc) is 3.45. The van der Waals surface area contributed by atoms with Crippen LogP contribution in [0.25, 0.3) is 0 Å². The quantitative estimate of drug-likeness (QED) is 0.168. The lowest BCUT2D eigenvalue weighted by atomic mass is 9.63. The van der Waals surface area contributed by atoms with E-state index in [2.05, 4.69) is 9.88 Å². The molecule has 5 aromatic rings. The van der Waals surface area contributed by atoms with Crippen LogP contribution in [0.3, 0.4) is 0 Å². The minimum Gasteiger partial charge on any atom is -0.353 e. The van der Waals surface area contributed by atoms with Crippen LogP contribution in [0.15, 0.2) is 133 Å². The molecule has 0 radical (unpaired) electrons. The van der Waals surface area contributed by atoms with Gasteiger partial charge in [0.05, 0.1) is 28.9 Å². The van der Waals surface area contributed by atoms with Gasteiger partial charge in [0.15, 0.2) is 11.6 Å². The molecule has 0 unspecified atom stereocenters. The van der Waals surface area contributed by atoms with Crippen molar-refractivity contribution in [1.82, 2.24) is 19.9 Å². The van der Waals surface area contributed by atoms with E-state index in [9.17, 15) is 4.79 Å². The Bertz CT molecular complexity index is 2000. The highest BCUT2D eigenvalue weighted by molar-refractivity contribution is 6.30. The maximum atomic E-state index is 15.4. The van der Waals surface area contributed by atoms with E-state index in [4.69, 9.17) is 33.2 Å². The smallest absolute Gasteiger partial charge is 0.187 e. The van der Waals surface area contributed by atoms with Crippen molar-refractivity contribution in [3.05, 3.63) is 171 Å². The molecule has 1 fully saturated rings. The van der Waals surface area contributed by atoms with E-state index in [0.29, 0.717) is 35.0 Å². The van der Waals surface area contributed by atoms with E-state index in [1.54, 1.807) is 24.7 Å². The highest BCUT2D eigenvalue weighted by Crippen LogP contribution is 2.67. The van der Waals surface area contributed by atoms with E-state index in [-0.39, 0.29) is 23.4 Å². The van der Waals surface area contributed by atoms with Crippen LogP contribution in [0, 0.1) is 5.92 Å². The highest BCUT2D eigenvalue weighted by atomic mass is 35.5. The molecular weight excluding hydrogens is 639 g/mol. The van der Waals surface area contributed by atoms with Gasteiger partial charge >= 0.3 is 0 Å². The van der Waals surface area contributed by atoms with Crippen molar-refractivity contribution in [2.24, 2.45) is 5.92 Å². The number of carbonyl (C=O) groups is 2. The number of fused-ring (bicyclic) bond motifs is 2. The number of Topliss-reactive ketones (excluding diaryl/α,β-unsaturated/α-hetero) is 2. The van der Waals surface area contributed by atoms with Gasteiger partial charge in [0, 0.05) is 58.2 Å². The number of benzene rings is 2. The molecule has 8 rings (SSSR count). The number of ketones is 2. The standard InChI is InChI=1S/C40H32Cl2N4O2/c41-27-17-13-25(14-18-27)29-24-40(34-12-3-6-23-45-34)37(39(48)31-9-2-5-22-44-31)35(26-15-19-28(42)20-16-26)38(30-8-1-4-21-43-30)46(40)32-10-7-11-33(47)36(29)32/h1-6,8-9,12-23,29,35,37-38H,7,10-11,24H2/t29-,35-,37+,38+,40-/m0/s1. The fourth-order valence-corrected chi connectivity index (χ4v) is 8.79. The van der Waals surface area contributed by atoms with Crippen LogP contribution >= 0.6 is 23.2 Å². The second-order valence-electron chi connectivity index (χ2n) is 12.8. The molecule has 2 aromatic carbocycles. The number of carbonyl (C=O) groups excluding carboxylic acids is 2. The van der Waals surface area contributed by atoms with E-state index in [1.807, 2.05) is 97.1 Å². The third-order valence-corrected chi connectivity index (χ3v) is 10.8. The Balaban J connectivity index is 1.50. The number of hydrogen-bond donors (Lipinski definition) is 0. The van der Waals surface area contributed by atoms with Crippen molar-refractivity contribution >= 4 is 34.8 Å². The summed E-state index contributed by atoms with van der Waals surface area (Å²) in [5.74, 6) is -1.26. The SMILES string of the molecule is O=C1CCCC2=C1[C@H](c1ccc(Cl)cc1)C[C@]1(c3ccccn3)[C@@H](C(=O)c3ccccn3)[C@H](c3ccc(Cl)cc3)[C@@H](c3ccccn3)N21. The van der Waals surface area contributed by atoms with Gasteiger partial charge in [0.25, 0.3) is 0 Å². The van der Waals surface area contributed by atoms with E-state index < -0.39 is 17.5 Å². The number of aromatic nitrogens is 3. The van der Waals surface area contributed by atoms with Crippen molar-refractivity contribution in [2.45, 2.75) is 49.1 Å². The number of halogens is 2. The number of pyridine rings is 3. The molecule has 0 spiro atoms. The molecular formula is C40H32Cl2N4O2. The van der Waals surface area contributed by atoms with Gasteiger partial charge in [-0.1, -0.05) is 65.7 Å². The summed E-state index contributed by atoms with van der Waals surface area (Å²) in [5.41, 5.74) is 4.76. The van der Waals surface area contributed by atoms with Crippen LogP contribution in [0.4, 0.5) is 0 Å². The third kappa shape index (κ3) is 4.97. The summed E-state index contributed by atoms with van der Waals surface area (Å²) < 4.78 is 0. The van der Waals surface area contributed by atoms with Gasteiger partial charge in [-0.2, -0.15) is 0 Å². The van der Waals surface area contributed by atoms with Gasteiger partial charge in [-0.3, -0.25) is 24.5 Å². The Hall–Kier alpha value is -4.65. The molecule has 1 saturated heterocycles. The molecule has 6 nitrogen and oxygen atoms in total. The second kappa shape index (κ2) is 12.4. The lowest BCUT2D eigenvalue weighted by molar-refractivity contribution is -0.117. The van der Waals surface area contributed by atoms with E-state index in [1.165, 1.54) is 0 Å². The molecule has 5 heterocycles. The lowest BCUT2D eigenvalue weighted by Crippen LogP contribution is -2.53. The van der Waals surface area contributed by atoms with Crippen molar-refractivity contribution in [2.75, 3.05) is 0 Å². The van der Waals surface area contributed by atoms with Crippen LogP contribution in [-0.2, 0) is 10.3 Å². The van der Waals surface area contributed by atoms with Crippen LogP contribution < -0.4 is 0 Å². The van der Waals surface area contributed by atoms with Crippen LogP contribution in [0.5, 0.6) is 0 Å². The van der Waals surface area contributed by atoms with Crippen molar-refractivity contribution < 1.29 is 9.59 Å². The van der Waals surface area contributed by atoms with Crippen LogP contribution in [0.1, 0.15) is 76.6 Å². The molecule has 5 atom stereocenters. The summed E-state index contributed by atoms with van der Waals surface area (Å²) in [6.07, 6.45) is 7.61. The second-order valence-corrected chi connectivity index (χ2v) is 13.7. The topological polar surface area (TPSA) is 76.0 Å². The van der Waals surface area contributed by atoms with Crippen LogP contribution in [0.2, 0.25) is 10.0 Å². The Morgan fingerprint density at radius 1 is 0.729 bits per heavy atom. The fraction of sp³-hybridized carbons (Fsp3) is 0.225. The normalized spacial score (nSPS) is 25.0. The summed E-state index contributed by atoms with van der Waals surface area (Å²) >= 11 is 12.8. The summed E-state index contributed by atoms with van der Waals surface area (Å²) in [7, 11) is 0. The fourth-order valence-electron chi connectivity index (χ4n) is 8.54. The molecule has 0 bridgehead atoms. The van der Waals surface area contributed by atoms with Gasteiger partial charge in [0.1, 0.15) is 5.69 Å². The van der Waals surface area contributed by atoms with Crippen molar-refractivity contribution in [3.8, 4) is 0 Å². The molecule has 0 amide bonds. The van der Waals surface area contributed by atoms with Crippen molar-refractivity contribution in [3.63, 3.8) is 0 Å². The van der Waals surface area contributed by atoms with Crippen molar-refractivity contribution in [1.29, 1.82) is 0 Å². The molecule has 3 aliphatic rings. The molecule has 0 saturated carbocycles. The first-order chi connectivity index (χ1) is 23.5. The zero-order valence-electron chi connectivity index (χ0n) is 26.0. The molecule has 1 aliphatic carbocycles. The molecule has 48 heavy (non-hydrogen) atoms. The highest BCUT2D eigenvalue weighted by Gasteiger charge is 2.67. The van der Waals surface area contributed by atoms with E-state index >= 15 is 4.79 Å². The first-order valence-electron chi connectivity index (χ1n) is 16.3.